The molecule has 0 N–H and O–H groups in total. The molecule has 3 saturated carbocycles. The van der Waals surface area contributed by atoms with Crippen LogP contribution < -0.4 is 14.2 Å². The van der Waals surface area contributed by atoms with Crippen molar-refractivity contribution >= 4 is 0 Å². The molecule has 3 nitrogen and oxygen atoms in total. The molecule has 0 aromatic heterocycles. The van der Waals surface area contributed by atoms with Crippen LogP contribution in [0.1, 0.15) is 102 Å². The molecule has 5 heteroatoms. The van der Waals surface area contributed by atoms with E-state index in [1.165, 1.54) is 81.9 Å². The lowest BCUT2D eigenvalue weighted by atomic mass is 9.65. The quantitative estimate of drug-likeness (QED) is 0.277. The highest BCUT2D eigenvalue weighted by Crippen LogP contribution is 2.45. The van der Waals surface area contributed by atoms with Crippen molar-refractivity contribution < 1.29 is 23.0 Å². The van der Waals surface area contributed by atoms with Crippen LogP contribution in [0.25, 0.3) is 0 Å². The predicted octanol–water partition coefficient (Wildman–Crippen LogP) is 9.73. The molecule has 4 unspecified atom stereocenters. The van der Waals surface area contributed by atoms with Gasteiger partial charge in [0.1, 0.15) is 5.75 Å². The second-order valence-corrected chi connectivity index (χ2v) is 12.7. The second-order valence-electron chi connectivity index (χ2n) is 12.7. The number of hydrogen-bond donors (Lipinski definition) is 0. The van der Waals surface area contributed by atoms with E-state index in [9.17, 15) is 8.78 Å². The molecule has 220 valence electrons. The summed E-state index contributed by atoms with van der Waals surface area (Å²) in [6, 6.07) is 11.9. The molecule has 0 spiro atoms. The first-order valence-corrected chi connectivity index (χ1v) is 16.0. The summed E-state index contributed by atoms with van der Waals surface area (Å²) in [5, 5.41) is 0. The lowest BCUT2D eigenvalue weighted by Gasteiger charge is -2.42. The zero-order chi connectivity index (χ0) is 27.9. The fourth-order valence-corrected chi connectivity index (χ4v) is 7.73. The van der Waals surface area contributed by atoms with E-state index >= 15 is 0 Å². The summed E-state index contributed by atoms with van der Waals surface area (Å²) in [5.74, 6) is 3.11. The third kappa shape index (κ3) is 7.31. The second kappa shape index (κ2) is 14.0. The largest absolute Gasteiger partial charge is 0.493 e. The minimum atomic E-state index is -0.968. The van der Waals surface area contributed by atoms with Crippen LogP contribution in [0.3, 0.4) is 0 Å². The van der Waals surface area contributed by atoms with Crippen molar-refractivity contribution in [2.75, 3.05) is 19.8 Å². The standard InChI is InChI=1S/C35H48F2O3/c1-3-5-24-6-10-27(11-7-24)28-14-16-31(17-15-28)39-22-25-8-12-30-21-26(9-13-29(30)20-25)23-40-33-19-18-32(38-4-2)34(36)35(33)37/h14-19,24-27,29-30H,3-13,20-23H2,1-2H3. The minimum absolute atomic E-state index is 0.0173. The molecular weight excluding hydrogens is 506 g/mol. The van der Waals surface area contributed by atoms with E-state index in [1.807, 2.05) is 0 Å². The summed E-state index contributed by atoms with van der Waals surface area (Å²) >= 11 is 0. The predicted molar refractivity (Wildman–Crippen MR) is 156 cm³/mol. The number of benzene rings is 2. The Morgan fingerprint density at radius 3 is 1.75 bits per heavy atom. The van der Waals surface area contributed by atoms with Crippen molar-refractivity contribution in [3.63, 3.8) is 0 Å². The maximum Gasteiger partial charge on any atom is 0.204 e. The first kappa shape index (κ1) is 29.2. The highest BCUT2D eigenvalue weighted by atomic mass is 19.2. The topological polar surface area (TPSA) is 27.7 Å². The molecule has 3 aliphatic rings. The van der Waals surface area contributed by atoms with Crippen LogP contribution in [0.2, 0.25) is 0 Å². The summed E-state index contributed by atoms with van der Waals surface area (Å²) < 4.78 is 45.7. The molecule has 0 amide bonds. The van der Waals surface area contributed by atoms with Crippen molar-refractivity contribution in [2.45, 2.75) is 96.8 Å². The highest BCUT2D eigenvalue weighted by Gasteiger charge is 2.36. The Morgan fingerprint density at radius 1 is 0.625 bits per heavy atom. The van der Waals surface area contributed by atoms with E-state index < -0.39 is 11.6 Å². The first-order chi connectivity index (χ1) is 19.5. The molecule has 40 heavy (non-hydrogen) atoms. The van der Waals surface area contributed by atoms with Crippen molar-refractivity contribution in [1.29, 1.82) is 0 Å². The van der Waals surface area contributed by atoms with Gasteiger partial charge in [0.15, 0.2) is 11.5 Å². The van der Waals surface area contributed by atoms with Gasteiger partial charge < -0.3 is 14.2 Å². The van der Waals surface area contributed by atoms with Gasteiger partial charge in [0.2, 0.25) is 11.6 Å². The zero-order valence-electron chi connectivity index (χ0n) is 24.5. The third-order valence-electron chi connectivity index (χ3n) is 10.00. The summed E-state index contributed by atoms with van der Waals surface area (Å²) in [6.07, 6.45) is 15.2. The molecule has 2 aromatic rings. The smallest absolute Gasteiger partial charge is 0.204 e. The molecule has 0 heterocycles. The van der Waals surface area contributed by atoms with Crippen LogP contribution in [-0.4, -0.2) is 19.8 Å². The van der Waals surface area contributed by atoms with Gasteiger partial charge in [-0.25, -0.2) is 0 Å². The summed E-state index contributed by atoms with van der Waals surface area (Å²) in [6.45, 7) is 5.59. The molecule has 0 saturated heterocycles. The van der Waals surface area contributed by atoms with E-state index in [4.69, 9.17) is 14.2 Å². The maximum absolute atomic E-state index is 14.4. The molecule has 0 aliphatic heterocycles. The molecule has 3 fully saturated rings. The van der Waals surface area contributed by atoms with E-state index in [1.54, 1.807) is 6.92 Å². The van der Waals surface area contributed by atoms with Gasteiger partial charge in [0.25, 0.3) is 0 Å². The van der Waals surface area contributed by atoms with Crippen molar-refractivity contribution in [3.05, 3.63) is 53.6 Å². The zero-order valence-corrected chi connectivity index (χ0v) is 24.5. The van der Waals surface area contributed by atoms with Crippen LogP contribution >= 0.6 is 0 Å². The van der Waals surface area contributed by atoms with Gasteiger partial charge in [0, 0.05) is 0 Å². The third-order valence-corrected chi connectivity index (χ3v) is 10.00. The summed E-state index contributed by atoms with van der Waals surface area (Å²) in [7, 11) is 0. The van der Waals surface area contributed by atoms with E-state index in [0.29, 0.717) is 31.0 Å². The fraction of sp³-hybridized carbons (Fsp3) is 0.657. The van der Waals surface area contributed by atoms with Crippen LogP contribution in [0.5, 0.6) is 17.2 Å². The lowest BCUT2D eigenvalue weighted by molar-refractivity contribution is 0.0615. The van der Waals surface area contributed by atoms with Gasteiger partial charge in [-0.05, 0) is 136 Å². The van der Waals surface area contributed by atoms with Crippen LogP contribution in [0, 0.1) is 41.2 Å². The van der Waals surface area contributed by atoms with Crippen molar-refractivity contribution in [1.82, 2.24) is 0 Å². The van der Waals surface area contributed by atoms with Gasteiger partial charge in [-0.3, -0.25) is 0 Å². The van der Waals surface area contributed by atoms with Crippen molar-refractivity contribution in [2.24, 2.45) is 29.6 Å². The van der Waals surface area contributed by atoms with Crippen LogP contribution in [-0.2, 0) is 0 Å². The maximum atomic E-state index is 14.4. The van der Waals surface area contributed by atoms with Crippen molar-refractivity contribution in [3.8, 4) is 17.2 Å². The SMILES string of the molecule is CCCC1CCC(c2ccc(OCC3CCC4CC(COc5ccc(OCC)c(F)c5F)CCC4C3)cc2)CC1. The number of hydrogen-bond acceptors (Lipinski definition) is 3. The average molecular weight is 555 g/mol. The number of rotatable bonds is 11. The molecule has 4 atom stereocenters. The van der Waals surface area contributed by atoms with Gasteiger partial charge in [-0.2, -0.15) is 8.78 Å². The number of halogens is 2. The minimum Gasteiger partial charge on any atom is -0.493 e. The van der Waals surface area contributed by atoms with E-state index in [2.05, 4.69) is 31.2 Å². The normalized spacial score (nSPS) is 28.5. The lowest BCUT2D eigenvalue weighted by Crippen LogP contribution is -2.34. The Morgan fingerprint density at radius 2 is 1.18 bits per heavy atom. The fourth-order valence-electron chi connectivity index (χ4n) is 7.73. The first-order valence-electron chi connectivity index (χ1n) is 16.0. The Kier molecular flexibility index (Phi) is 10.3. The number of fused-ring (bicyclic) bond motifs is 1. The highest BCUT2D eigenvalue weighted by molar-refractivity contribution is 5.35. The van der Waals surface area contributed by atoms with E-state index in [0.717, 1.165) is 43.0 Å². The van der Waals surface area contributed by atoms with Gasteiger partial charge >= 0.3 is 0 Å². The summed E-state index contributed by atoms with van der Waals surface area (Å²) in [5.41, 5.74) is 1.49. The number of ether oxygens (including phenoxy) is 3. The van der Waals surface area contributed by atoms with E-state index in [-0.39, 0.29) is 11.5 Å². The summed E-state index contributed by atoms with van der Waals surface area (Å²) in [4.78, 5) is 0. The molecule has 3 aliphatic carbocycles. The Labute approximate surface area is 240 Å². The molecular formula is C35H48F2O3. The van der Waals surface area contributed by atoms with Crippen LogP contribution in [0.15, 0.2) is 36.4 Å². The Balaban J connectivity index is 1.03. The Bertz CT molecular complexity index is 1060. The van der Waals surface area contributed by atoms with Gasteiger partial charge in [-0.15, -0.1) is 0 Å². The molecule has 0 bridgehead atoms. The van der Waals surface area contributed by atoms with Gasteiger partial charge in [-0.1, -0.05) is 31.9 Å². The molecule has 2 aromatic carbocycles. The van der Waals surface area contributed by atoms with Crippen LogP contribution in [0.4, 0.5) is 8.78 Å². The molecule has 0 radical (unpaired) electrons. The average Bonchev–Trinajstić information content (AvgIpc) is 2.99. The monoisotopic (exact) mass is 554 g/mol. The molecule has 5 rings (SSSR count). The Hall–Kier alpha value is -2.30. The van der Waals surface area contributed by atoms with Gasteiger partial charge in [0.05, 0.1) is 19.8 Å².